The number of likely N-dealkylation sites (N-methyl/N-ethyl adjacent to an activating group) is 1. The van der Waals surface area contributed by atoms with Gasteiger partial charge >= 0.3 is 0 Å². The normalized spacial score (nSPS) is 19.5. The maximum Gasteiger partial charge on any atom is 0.300 e. The van der Waals surface area contributed by atoms with Crippen LogP contribution in [0, 0.1) is 0 Å². The quantitative estimate of drug-likeness (QED) is 0.238. The molecule has 1 aliphatic carbocycles. The fourth-order valence-corrected chi connectivity index (χ4v) is 6.40. The largest absolute Gasteiger partial charge is 0.481 e. The molecule has 7 rings (SSSR count). The van der Waals surface area contributed by atoms with E-state index in [1.165, 1.54) is 25.9 Å². The van der Waals surface area contributed by atoms with Crippen LogP contribution in [0.3, 0.4) is 0 Å². The Morgan fingerprint density at radius 2 is 1.73 bits per heavy atom. The zero-order valence-corrected chi connectivity index (χ0v) is 25.3. The highest BCUT2D eigenvalue weighted by Gasteiger charge is 2.30. The Morgan fingerprint density at radius 3 is 2.48 bits per heavy atom. The van der Waals surface area contributed by atoms with Crippen LogP contribution in [0.25, 0.3) is 33.3 Å². The van der Waals surface area contributed by atoms with Crippen molar-refractivity contribution in [3.63, 3.8) is 0 Å². The lowest BCUT2D eigenvalue weighted by atomic mass is 9.90. The minimum atomic E-state index is -0.833. The van der Waals surface area contributed by atoms with E-state index >= 15 is 0 Å². The molecule has 2 aromatic carbocycles. The molecule has 11 nitrogen and oxygen atoms in total. The molecule has 4 N–H and O–H groups in total. The smallest absolute Gasteiger partial charge is 0.300 e. The molecule has 0 radical (unpaired) electrons. The lowest BCUT2D eigenvalue weighted by Crippen LogP contribution is -2.49. The van der Waals surface area contributed by atoms with Crippen LogP contribution in [-0.4, -0.2) is 79.9 Å². The second-order valence-corrected chi connectivity index (χ2v) is 11.8. The number of nitrogen functional groups attached to an aromatic ring is 1. The van der Waals surface area contributed by atoms with E-state index in [0.717, 1.165) is 77.6 Å². The van der Waals surface area contributed by atoms with Crippen molar-refractivity contribution in [2.24, 2.45) is 0 Å². The second kappa shape index (κ2) is 13.0. The van der Waals surface area contributed by atoms with E-state index in [0.29, 0.717) is 24.4 Å². The lowest BCUT2D eigenvalue weighted by molar-refractivity contribution is -0.134. The minimum absolute atomic E-state index is 0.309. The summed E-state index contributed by atoms with van der Waals surface area (Å²) < 4.78 is 8.11. The molecule has 0 spiro atoms. The van der Waals surface area contributed by atoms with E-state index in [4.69, 9.17) is 25.2 Å². The fraction of sp³-hybridized carbons (Fsp3) is 0.394. The average Bonchev–Trinajstić information content (AvgIpc) is 3.63. The Kier molecular flexibility index (Phi) is 8.76. The van der Waals surface area contributed by atoms with Gasteiger partial charge < -0.3 is 25.5 Å². The van der Waals surface area contributed by atoms with Gasteiger partial charge in [-0.05, 0) is 57.0 Å². The Hall–Kier alpha value is -4.48. The van der Waals surface area contributed by atoms with E-state index in [-0.39, 0.29) is 0 Å². The Labute approximate surface area is 256 Å². The van der Waals surface area contributed by atoms with Gasteiger partial charge in [-0.15, -0.1) is 0 Å². The van der Waals surface area contributed by atoms with Crippen molar-refractivity contribution in [3.05, 3.63) is 66.7 Å². The monoisotopic (exact) mass is 596 g/mol. The molecule has 11 heteroatoms. The Morgan fingerprint density at radius 1 is 1.00 bits per heavy atom. The zero-order chi connectivity index (χ0) is 30.6. The number of hydrogen-bond acceptors (Lipinski definition) is 9. The molecule has 1 saturated carbocycles. The van der Waals surface area contributed by atoms with Crippen LogP contribution in [0.15, 0.2) is 65.3 Å². The topological polar surface area (TPSA) is 139 Å². The maximum absolute atomic E-state index is 9.00. The number of aliphatic carboxylic acids is 1. The summed E-state index contributed by atoms with van der Waals surface area (Å²) in [5, 5.41) is 18.0. The fourth-order valence-electron chi connectivity index (χ4n) is 6.40. The molecular formula is C33H40N8O3. The number of benzene rings is 2. The van der Waals surface area contributed by atoms with Gasteiger partial charge in [0, 0.05) is 55.8 Å². The first kappa shape index (κ1) is 29.6. The average molecular weight is 597 g/mol. The van der Waals surface area contributed by atoms with Gasteiger partial charge in [-0.1, -0.05) is 30.3 Å². The third-order valence-electron chi connectivity index (χ3n) is 8.66. The number of carboxylic acids is 1. The number of anilines is 2. The standard InChI is InChI=1S/C31H36N8O.C2H4O2/c1-37-13-15-38(16-14-37)24-9-11-25(12-10-24)39-31-28(30(32)34-20-35-31)29(36-39)22-6-4-7-23(17-22)33-19-26-18-21-5-2-3-8-27(21)40-26;1-2(3)4/h2-8,17-18,20,24-25,33H,9-16,19H2,1H3,(H2,32,34,35);1H3,(H,3,4)/t24-,25+;. The van der Waals surface area contributed by atoms with Crippen LogP contribution in [0.5, 0.6) is 0 Å². The van der Waals surface area contributed by atoms with Gasteiger partial charge in [-0.2, -0.15) is 5.10 Å². The van der Waals surface area contributed by atoms with E-state index in [1.807, 2.05) is 24.3 Å². The summed E-state index contributed by atoms with van der Waals surface area (Å²) in [6.07, 6.45) is 6.12. The number of hydrogen-bond donors (Lipinski definition) is 3. The molecule has 5 aromatic rings. The van der Waals surface area contributed by atoms with Crippen molar-refractivity contribution in [2.45, 2.75) is 51.2 Å². The molecule has 2 fully saturated rings. The summed E-state index contributed by atoms with van der Waals surface area (Å²) in [4.78, 5) is 23.1. The van der Waals surface area contributed by atoms with Crippen LogP contribution < -0.4 is 11.1 Å². The van der Waals surface area contributed by atoms with Crippen molar-refractivity contribution >= 4 is 39.5 Å². The molecule has 44 heavy (non-hydrogen) atoms. The number of piperazine rings is 1. The van der Waals surface area contributed by atoms with Crippen LogP contribution >= 0.6 is 0 Å². The number of nitrogens with zero attached hydrogens (tertiary/aromatic N) is 6. The van der Waals surface area contributed by atoms with Gasteiger partial charge in [0.15, 0.2) is 5.65 Å². The predicted octanol–water partition coefficient (Wildman–Crippen LogP) is 5.26. The number of nitrogens with two attached hydrogens (primary N) is 1. The molecule has 230 valence electrons. The first-order valence-corrected chi connectivity index (χ1v) is 15.3. The highest BCUT2D eigenvalue weighted by Crippen LogP contribution is 2.37. The second-order valence-electron chi connectivity index (χ2n) is 11.8. The highest BCUT2D eigenvalue weighted by atomic mass is 16.4. The molecule has 0 bridgehead atoms. The Bertz CT molecular complexity index is 1690. The molecule has 0 atom stereocenters. The summed E-state index contributed by atoms with van der Waals surface area (Å²) in [6.45, 7) is 6.34. The number of carboxylic acid groups (broad SMARTS) is 1. The zero-order valence-electron chi connectivity index (χ0n) is 25.3. The number of furan rings is 1. The molecule has 4 heterocycles. The molecule has 1 saturated heterocycles. The van der Waals surface area contributed by atoms with Gasteiger partial charge in [0.2, 0.25) is 0 Å². The van der Waals surface area contributed by atoms with Gasteiger partial charge in [0.25, 0.3) is 5.97 Å². The number of rotatable bonds is 6. The third-order valence-corrected chi connectivity index (χ3v) is 8.66. The maximum atomic E-state index is 9.00. The third kappa shape index (κ3) is 6.53. The molecule has 2 aliphatic rings. The summed E-state index contributed by atoms with van der Waals surface area (Å²) in [5.41, 5.74) is 11.0. The molecule has 1 aliphatic heterocycles. The minimum Gasteiger partial charge on any atom is -0.481 e. The molecule has 0 unspecified atom stereocenters. The Balaban J connectivity index is 0.000000810. The molecular weight excluding hydrogens is 556 g/mol. The van der Waals surface area contributed by atoms with E-state index in [2.05, 4.69) is 67.1 Å². The number of para-hydroxylation sites is 1. The van der Waals surface area contributed by atoms with E-state index in [1.54, 1.807) is 6.33 Å². The van der Waals surface area contributed by atoms with E-state index < -0.39 is 5.97 Å². The van der Waals surface area contributed by atoms with Crippen LogP contribution in [0.1, 0.15) is 44.4 Å². The van der Waals surface area contributed by atoms with Crippen molar-refractivity contribution in [1.82, 2.24) is 29.5 Å². The summed E-state index contributed by atoms with van der Waals surface area (Å²) in [6, 6.07) is 19.4. The van der Waals surface area contributed by atoms with Crippen LogP contribution in [-0.2, 0) is 11.3 Å². The number of aromatic nitrogens is 4. The van der Waals surface area contributed by atoms with Gasteiger partial charge in [-0.25, -0.2) is 14.6 Å². The van der Waals surface area contributed by atoms with Crippen molar-refractivity contribution < 1.29 is 14.3 Å². The predicted molar refractivity (Wildman–Crippen MR) is 172 cm³/mol. The van der Waals surface area contributed by atoms with Crippen molar-refractivity contribution in [2.75, 3.05) is 44.3 Å². The number of carbonyl (C=O) groups is 1. The SMILES string of the molecule is CC(=O)O.CN1CCN([C@H]2CC[C@@H](n3nc(-c4cccc(NCc5cc6ccccc6o5)c4)c4c(N)ncnc43)CC2)CC1. The summed E-state index contributed by atoms with van der Waals surface area (Å²) >= 11 is 0. The number of nitrogens with one attached hydrogen (secondary N) is 1. The van der Waals surface area contributed by atoms with Crippen LogP contribution in [0.4, 0.5) is 11.5 Å². The van der Waals surface area contributed by atoms with Crippen molar-refractivity contribution in [1.29, 1.82) is 0 Å². The first-order valence-electron chi connectivity index (χ1n) is 15.3. The number of fused-ring (bicyclic) bond motifs is 2. The summed E-state index contributed by atoms with van der Waals surface area (Å²) in [5.74, 6) is 0.532. The first-order chi connectivity index (χ1) is 21.4. The highest BCUT2D eigenvalue weighted by molar-refractivity contribution is 5.98. The van der Waals surface area contributed by atoms with Crippen molar-refractivity contribution in [3.8, 4) is 11.3 Å². The van der Waals surface area contributed by atoms with Gasteiger partial charge in [-0.3, -0.25) is 9.69 Å². The summed E-state index contributed by atoms with van der Waals surface area (Å²) in [7, 11) is 2.22. The van der Waals surface area contributed by atoms with Crippen LogP contribution in [0.2, 0.25) is 0 Å². The lowest BCUT2D eigenvalue weighted by Gasteiger charge is -2.41. The van der Waals surface area contributed by atoms with E-state index in [9.17, 15) is 0 Å². The molecule has 0 amide bonds. The molecule has 3 aromatic heterocycles. The van der Waals surface area contributed by atoms with Gasteiger partial charge in [0.1, 0.15) is 29.2 Å². The van der Waals surface area contributed by atoms with Gasteiger partial charge in [0.05, 0.1) is 18.0 Å².